The first-order valence-electron chi connectivity index (χ1n) is 9.89. The summed E-state index contributed by atoms with van der Waals surface area (Å²) in [4.78, 5) is 28.6. The standard InChI is InChI=1S/C22H22N6O3S/c1-12-5-10-17(13(2)11-12)24-20(29)18-14(3)23-21-25-22(32-4)26-27(21)19(18)15-6-8-16(9-7-15)28(30)31/h5-11,19H,1-4H3,(H,24,29)(H,23,25,26)/t19-/m1/s1. The molecule has 0 fully saturated rings. The van der Waals surface area contributed by atoms with Crippen LogP contribution in [0.25, 0.3) is 0 Å². The van der Waals surface area contributed by atoms with Gasteiger partial charge in [-0.05, 0) is 56.4 Å². The van der Waals surface area contributed by atoms with Crippen LogP contribution in [0.3, 0.4) is 0 Å². The summed E-state index contributed by atoms with van der Waals surface area (Å²) in [6.07, 6.45) is 1.87. The van der Waals surface area contributed by atoms with E-state index in [1.165, 1.54) is 23.9 Å². The summed E-state index contributed by atoms with van der Waals surface area (Å²) < 4.78 is 1.65. The molecule has 3 aromatic rings. The highest BCUT2D eigenvalue weighted by Crippen LogP contribution is 2.37. The van der Waals surface area contributed by atoms with Gasteiger partial charge >= 0.3 is 0 Å². The molecule has 2 N–H and O–H groups in total. The summed E-state index contributed by atoms with van der Waals surface area (Å²) in [5.74, 6) is 0.232. The Labute approximate surface area is 189 Å². The minimum Gasteiger partial charge on any atom is -0.328 e. The van der Waals surface area contributed by atoms with Crippen molar-refractivity contribution < 1.29 is 9.72 Å². The van der Waals surface area contributed by atoms with E-state index in [9.17, 15) is 14.9 Å². The Morgan fingerprint density at radius 1 is 1.19 bits per heavy atom. The van der Waals surface area contributed by atoms with Crippen molar-refractivity contribution in [3.63, 3.8) is 0 Å². The first-order valence-corrected chi connectivity index (χ1v) is 11.1. The van der Waals surface area contributed by atoms with E-state index < -0.39 is 11.0 Å². The van der Waals surface area contributed by atoms with Crippen LogP contribution < -0.4 is 10.6 Å². The second-order valence-electron chi connectivity index (χ2n) is 7.55. The number of nitrogens with zero attached hydrogens (tertiary/aromatic N) is 4. The molecular formula is C22H22N6O3S. The molecule has 32 heavy (non-hydrogen) atoms. The van der Waals surface area contributed by atoms with Gasteiger partial charge in [-0.1, -0.05) is 29.5 Å². The second kappa shape index (κ2) is 8.46. The number of rotatable bonds is 5. The molecule has 1 aliphatic heterocycles. The topological polar surface area (TPSA) is 115 Å². The maximum Gasteiger partial charge on any atom is 0.269 e. The van der Waals surface area contributed by atoms with Crippen molar-refractivity contribution in [2.75, 3.05) is 16.9 Å². The van der Waals surface area contributed by atoms with Gasteiger partial charge in [-0.3, -0.25) is 14.9 Å². The van der Waals surface area contributed by atoms with Gasteiger partial charge in [-0.2, -0.15) is 4.98 Å². The van der Waals surface area contributed by atoms with Crippen molar-refractivity contribution in [1.82, 2.24) is 14.8 Å². The molecule has 1 amide bonds. The molecule has 0 saturated heterocycles. The van der Waals surface area contributed by atoms with E-state index in [-0.39, 0.29) is 11.6 Å². The Morgan fingerprint density at radius 3 is 2.53 bits per heavy atom. The smallest absolute Gasteiger partial charge is 0.269 e. The maximum absolute atomic E-state index is 13.5. The Bertz CT molecular complexity index is 1250. The molecule has 0 bridgehead atoms. The summed E-state index contributed by atoms with van der Waals surface area (Å²) in [7, 11) is 0. The molecule has 0 radical (unpaired) electrons. The van der Waals surface area contributed by atoms with Crippen LogP contribution in [0.5, 0.6) is 0 Å². The zero-order valence-electron chi connectivity index (χ0n) is 18.0. The Hall–Kier alpha value is -3.66. The highest BCUT2D eigenvalue weighted by molar-refractivity contribution is 7.98. The molecule has 164 valence electrons. The van der Waals surface area contributed by atoms with Gasteiger partial charge in [0.2, 0.25) is 11.1 Å². The van der Waals surface area contributed by atoms with Crippen molar-refractivity contribution >= 4 is 35.0 Å². The van der Waals surface area contributed by atoms with Gasteiger partial charge in [0.05, 0.1) is 10.5 Å². The maximum atomic E-state index is 13.5. The first-order chi connectivity index (χ1) is 15.3. The van der Waals surface area contributed by atoms with Crippen molar-refractivity contribution in [2.24, 2.45) is 0 Å². The van der Waals surface area contributed by atoms with Crippen molar-refractivity contribution in [2.45, 2.75) is 32.0 Å². The fourth-order valence-electron chi connectivity index (χ4n) is 3.74. The van der Waals surface area contributed by atoms with Crippen molar-refractivity contribution in [3.8, 4) is 0 Å². The predicted molar refractivity (Wildman–Crippen MR) is 124 cm³/mol. The van der Waals surface area contributed by atoms with E-state index in [1.54, 1.807) is 16.8 Å². The van der Waals surface area contributed by atoms with Crippen LogP contribution in [0.4, 0.5) is 17.3 Å². The average molecular weight is 451 g/mol. The SMILES string of the molecule is CSc1nc2n(n1)[C@H](c1ccc([N+](=O)[O-])cc1)C(C(=O)Nc1ccc(C)cc1C)=C(C)N2. The molecule has 0 saturated carbocycles. The van der Waals surface area contributed by atoms with E-state index in [0.717, 1.165) is 16.8 Å². The summed E-state index contributed by atoms with van der Waals surface area (Å²) in [6.45, 7) is 5.75. The van der Waals surface area contributed by atoms with Crippen LogP contribution in [0.15, 0.2) is 58.9 Å². The van der Waals surface area contributed by atoms with E-state index in [4.69, 9.17) is 0 Å². The molecule has 2 heterocycles. The first kappa shape index (κ1) is 21.6. The van der Waals surface area contributed by atoms with Crippen molar-refractivity contribution in [3.05, 3.63) is 80.5 Å². The number of hydrogen-bond acceptors (Lipinski definition) is 7. The number of non-ortho nitro benzene ring substituents is 1. The Morgan fingerprint density at radius 2 is 1.91 bits per heavy atom. The van der Waals surface area contributed by atoms with E-state index in [2.05, 4.69) is 20.7 Å². The largest absolute Gasteiger partial charge is 0.328 e. The van der Waals surface area contributed by atoms with E-state index >= 15 is 0 Å². The predicted octanol–water partition coefficient (Wildman–Crippen LogP) is 4.45. The number of fused-ring (bicyclic) bond motifs is 1. The number of aromatic nitrogens is 3. The van der Waals surface area contributed by atoms with E-state index in [1.807, 2.05) is 45.2 Å². The summed E-state index contributed by atoms with van der Waals surface area (Å²) >= 11 is 1.39. The van der Waals surface area contributed by atoms with Crippen LogP contribution in [0.2, 0.25) is 0 Å². The number of carbonyl (C=O) groups is 1. The molecule has 1 aliphatic rings. The van der Waals surface area contributed by atoms with Gasteiger partial charge in [0.25, 0.3) is 11.6 Å². The number of nitrogens with one attached hydrogen (secondary N) is 2. The van der Waals surface area contributed by atoms with Crippen LogP contribution >= 0.6 is 11.8 Å². The minimum absolute atomic E-state index is 0.0201. The minimum atomic E-state index is -0.591. The van der Waals surface area contributed by atoms with Crippen LogP contribution in [0, 0.1) is 24.0 Å². The lowest BCUT2D eigenvalue weighted by Crippen LogP contribution is -2.31. The third-order valence-corrected chi connectivity index (χ3v) is 5.85. The average Bonchev–Trinajstić information content (AvgIpc) is 3.17. The number of thioether (sulfide) groups is 1. The van der Waals surface area contributed by atoms with Crippen LogP contribution in [0.1, 0.15) is 29.7 Å². The van der Waals surface area contributed by atoms with Gasteiger partial charge in [-0.15, -0.1) is 5.10 Å². The molecule has 1 aromatic heterocycles. The fraction of sp³-hybridized carbons (Fsp3) is 0.227. The number of aryl methyl sites for hydroxylation is 2. The summed E-state index contributed by atoms with van der Waals surface area (Å²) in [5.41, 5.74) is 4.56. The Balaban J connectivity index is 1.78. The van der Waals surface area contributed by atoms with Gasteiger partial charge in [0.1, 0.15) is 6.04 Å². The van der Waals surface area contributed by atoms with Crippen molar-refractivity contribution in [1.29, 1.82) is 0 Å². The van der Waals surface area contributed by atoms with Crippen LogP contribution in [-0.4, -0.2) is 31.9 Å². The highest BCUT2D eigenvalue weighted by Gasteiger charge is 2.34. The lowest BCUT2D eigenvalue weighted by Gasteiger charge is -2.28. The summed E-state index contributed by atoms with van der Waals surface area (Å²) in [6, 6.07) is 11.4. The number of amides is 1. The molecule has 10 heteroatoms. The molecule has 1 atom stereocenters. The zero-order valence-corrected chi connectivity index (χ0v) is 18.9. The molecule has 4 rings (SSSR count). The summed E-state index contributed by atoms with van der Waals surface area (Å²) in [5, 5.41) is 22.4. The monoisotopic (exact) mass is 450 g/mol. The molecule has 9 nitrogen and oxygen atoms in total. The Kier molecular flexibility index (Phi) is 5.70. The lowest BCUT2D eigenvalue weighted by atomic mass is 9.94. The number of nitro benzene ring substituents is 1. The van der Waals surface area contributed by atoms with Crippen LogP contribution in [-0.2, 0) is 4.79 Å². The normalized spacial score (nSPS) is 15.2. The molecular weight excluding hydrogens is 428 g/mol. The number of carbonyl (C=O) groups excluding carboxylic acids is 1. The molecule has 0 unspecified atom stereocenters. The van der Waals surface area contributed by atoms with Gasteiger partial charge in [0.15, 0.2) is 0 Å². The van der Waals surface area contributed by atoms with Gasteiger partial charge in [0, 0.05) is 23.5 Å². The zero-order chi connectivity index (χ0) is 23.0. The third-order valence-electron chi connectivity index (χ3n) is 5.31. The molecule has 0 aliphatic carbocycles. The number of anilines is 2. The quantitative estimate of drug-likeness (QED) is 0.335. The molecule has 0 spiro atoms. The van der Waals surface area contributed by atoms with E-state index in [0.29, 0.717) is 27.9 Å². The van der Waals surface area contributed by atoms with Gasteiger partial charge < -0.3 is 10.6 Å². The number of nitro groups is 1. The van der Waals surface area contributed by atoms with Gasteiger partial charge in [-0.25, -0.2) is 4.68 Å². The number of hydrogen-bond donors (Lipinski definition) is 2. The lowest BCUT2D eigenvalue weighted by molar-refractivity contribution is -0.384. The highest BCUT2D eigenvalue weighted by atomic mass is 32.2. The fourth-order valence-corrected chi connectivity index (χ4v) is 4.09. The number of benzene rings is 2. The second-order valence-corrected chi connectivity index (χ2v) is 8.33. The third kappa shape index (κ3) is 3.96. The number of allylic oxidation sites excluding steroid dienone is 1. The molecule has 2 aromatic carbocycles.